The van der Waals surface area contributed by atoms with Crippen molar-refractivity contribution in [2.24, 2.45) is 0 Å². The third kappa shape index (κ3) is 64.8. The van der Waals surface area contributed by atoms with Gasteiger partial charge in [-0.2, -0.15) is 0 Å². The molecule has 0 fully saturated rings. The van der Waals surface area contributed by atoms with E-state index in [1.54, 1.807) is 0 Å². The minimum atomic E-state index is -1.52. The second-order valence-electron chi connectivity index (χ2n) is 23.0. The second-order valence-corrected chi connectivity index (χ2v) is 23.0. The molecule has 0 saturated carbocycles. The van der Waals surface area contributed by atoms with E-state index < -0.39 is 24.3 Å². The Bertz CT molecular complexity index is 1820. The number of ether oxygens (including phenoxy) is 4. The van der Waals surface area contributed by atoms with Crippen LogP contribution in [0.5, 0.6) is 0 Å². The zero-order valence-corrected chi connectivity index (χ0v) is 53.8. The van der Waals surface area contributed by atoms with Crippen LogP contribution >= 0.6 is 0 Å². The van der Waals surface area contributed by atoms with Gasteiger partial charge >= 0.3 is 17.9 Å². The normalized spacial score (nSPS) is 13.6. The van der Waals surface area contributed by atoms with E-state index in [1.165, 1.54) is 116 Å². The van der Waals surface area contributed by atoms with Crippen molar-refractivity contribution in [1.29, 1.82) is 0 Å². The maximum absolute atomic E-state index is 12.9. The first-order chi connectivity index (χ1) is 40.6. The van der Waals surface area contributed by atoms with Gasteiger partial charge in [0, 0.05) is 12.8 Å². The highest BCUT2D eigenvalue weighted by atomic mass is 16.7. The summed E-state index contributed by atoms with van der Waals surface area (Å²) in [6, 6.07) is 0. The molecule has 83 heavy (non-hydrogen) atoms. The molecule has 0 spiro atoms. The molecule has 0 amide bonds. The second kappa shape index (κ2) is 63.5. The molecule has 0 aromatic heterocycles. The molecule has 0 rings (SSSR count). The number of hydrogen-bond donors (Lipinski definition) is 1. The Kier molecular flexibility index (Phi) is 60.0. The number of likely N-dealkylation sites (N-methyl/N-ethyl adjacent to an activating group) is 1. The van der Waals surface area contributed by atoms with Gasteiger partial charge in [0.05, 0.1) is 34.4 Å². The summed E-state index contributed by atoms with van der Waals surface area (Å²) in [4.78, 5) is 37.6. The molecule has 0 saturated heterocycles. The molecule has 472 valence electrons. The number of allylic oxidation sites excluding steroid dienone is 22. The monoisotopic (exact) mass is 1150 g/mol. The van der Waals surface area contributed by atoms with Crippen LogP contribution in [-0.2, 0) is 33.3 Å². The van der Waals surface area contributed by atoms with Crippen molar-refractivity contribution in [3.8, 4) is 0 Å². The molecular formula is C74H124NO8+. The number of esters is 2. The Balaban J connectivity index is 4.20. The lowest BCUT2D eigenvalue weighted by atomic mass is 10.1. The molecule has 0 bridgehead atoms. The third-order valence-electron chi connectivity index (χ3n) is 13.9. The summed E-state index contributed by atoms with van der Waals surface area (Å²) in [5.41, 5.74) is 0. The molecule has 2 atom stereocenters. The molecule has 0 aliphatic heterocycles. The van der Waals surface area contributed by atoms with Gasteiger partial charge in [-0.15, -0.1) is 0 Å². The van der Waals surface area contributed by atoms with E-state index >= 15 is 0 Å². The van der Waals surface area contributed by atoms with Gasteiger partial charge in [-0.1, -0.05) is 263 Å². The SMILES string of the molecule is CC/C=C\C/C=C\C/C=C\C/C=C\C/C=C\C/C=C\C/C=C\C/C=C\C/C=C\CCCCCCCCCCCC(=O)OC(COC(=O)CCCCCCCCCCC/C=C\C/C=C\CCCCCCC)COC(OCC[N+](C)(C)C)C(=O)O. The maximum atomic E-state index is 12.9. The molecule has 0 radical (unpaired) electrons. The number of quaternary nitrogens is 1. The number of rotatable bonds is 60. The van der Waals surface area contributed by atoms with Crippen LogP contribution < -0.4 is 0 Å². The molecule has 0 aromatic rings. The van der Waals surface area contributed by atoms with Crippen molar-refractivity contribution in [2.45, 2.75) is 270 Å². The van der Waals surface area contributed by atoms with E-state index in [-0.39, 0.29) is 32.2 Å². The summed E-state index contributed by atoms with van der Waals surface area (Å²) in [7, 11) is 5.96. The van der Waals surface area contributed by atoms with Gasteiger partial charge in [0.15, 0.2) is 6.10 Å². The van der Waals surface area contributed by atoms with E-state index in [0.717, 1.165) is 109 Å². The average molecular weight is 1160 g/mol. The number of hydrogen-bond acceptors (Lipinski definition) is 7. The fourth-order valence-corrected chi connectivity index (χ4v) is 8.80. The Morgan fingerprint density at radius 2 is 0.687 bits per heavy atom. The zero-order chi connectivity index (χ0) is 60.5. The average Bonchev–Trinajstić information content (AvgIpc) is 3.46. The first-order valence-electron chi connectivity index (χ1n) is 33.3. The van der Waals surface area contributed by atoms with E-state index in [0.29, 0.717) is 23.9 Å². The smallest absolute Gasteiger partial charge is 0.361 e. The van der Waals surface area contributed by atoms with Gasteiger partial charge in [0.2, 0.25) is 0 Å². The van der Waals surface area contributed by atoms with Gasteiger partial charge in [-0.3, -0.25) is 9.59 Å². The predicted octanol–water partition coefficient (Wildman–Crippen LogP) is 20.6. The van der Waals surface area contributed by atoms with Crippen molar-refractivity contribution in [3.05, 3.63) is 134 Å². The Morgan fingerprint density at radius 3 is 1.02 bits per heavy atom. The summed E-state index contributed by atoms with van der Waals surface area (Å²) in [6.07, 6.45) is 88.3. The molecule has 1 N–H and O–H groups in total. The van der Waals surface area contributed by atoms with Crippen LogP contribution in [0.4, 0.5) is 0 Å². The highest BCUT2D eigenvalue weighted by molar-refractivity contribution is 5.71. The number of unbranched alkanes of at least 4 members (excludes halogenated alkanes) is 23. The van der Waals surface area contributed by atoms with Crippen LogP contribution in [0.15, 0.2) is 134 Å². The van der Waals surface area contributed by atoms with E-state index in [1.807, 2.05) is 21.1 Å². The summed E-state index contributed by atoms with van der Waals surface area (Å²) in [5.74, 6) is -2.03. The Hall–Kier alpha value is -4.57. The van der Waals surface area contributed by atoms with E-state index in [9.17, 15) is 19.5 Å². The van der Waals surface area contributed by atoms with Crippen LogP contribution in [0.3, 0.4) is 0 Å². The summed E-state index contributed by atoms with van der Waals surface area (Å²) >= 11 is 0. The fraction of sp³-hybridized carbons (Fsp3) is 0.662. The Morgan fingerprint density at radius 1 is 0.373 bits per heavy atom. The predicted molar refractivity (Wildman–Crippen MR) is 354 cm³/mol. The number of carbonyl (C=O) groups excluding carboxylic acids is 2. The van der Waals surface area contributed by atoms with Crippen LogP contribution in [0.25, 0.3) is 0 Å². The molecule has 0 aliphatic carbocycles. The summed E-state index contributed by atoms with van der Waals surface area (Å²) in [5, 5.41) is 9.73. The number of aliphatic carboxylic acids is 1. The highest BCUT2D eigenvalue weighted by Crippen LogP contribution is 2.15. The highest BCUT2D eigenvalue weighted by Gasteiger charge is 2.25. The minimum Gasteiger partial charge on any atom is -0.477 e. The van der Waals surface area contributed by atoms with Crippen molar-refractivity contribution in [1.82, 2.24) is 0 Å². The van der Waals surface area contributed by atoms with Gasteiger partial charge in [0.25, 0.3) is 6.29 Å². The van der Waals surface area contributed by atoms with Crippen LogP contribution in [0, 0.1) is 0 Å². The van der Waals surface area contributed by atoms with Gasteiger partial charge in [-0.05, 0) is 116 Å². The lowest BCUT2D eigenvalue weighted by Crippen LogP contribution is -2.40. The summed E-state index contributed by atoms with van der Waals surface area (Å²) in [6.45, 7) is 4.74. The number of carbonyl (C=O) groups is 3. The van der Waals surface area contributed by atoms with E-state index in [4.69, 9.17) is 18.9 Å². The van der Waals surface area contributed by atoms with Crippen LogP contribution in [0.2, 0.25) is 0 Å². The molecule has 9 nitrogen and oxygen atoms in total. The molecule has 9 heteroatoms. The van der Waals surface area contributed by atoms with Crippen molar-refractivity contribution < 1.29 is 42.9 Å². The maximum Gasteiger partial charge on any atom is 0.361 e. The minimum absolute atomic E-state index is 0.180. The first-order valence-corrected chi connectivity index (χ1v) is 33.3. The van der Waals surface area contributed by atoms with E-state index in [2.05, 4.69) is 148 Å². The van der Waals surface area contributed by atoms with Crippen molar-refractivity contribution in [2.75, 3.05) is 47.5 Å². The molecule has 0 aromatic carbocycles. The number of carboxylic acids is 1. The van der Waals surface area contributed by atoms with Gasteiger partial charge < -0.3 is 28.5 Å². The standard InChI is InChI=1S/C74H123NO8/c1-6-8-10-12-14-16-18-20-22-24-26-28-29-30-31-32-33-34-35-36-37-38-39-40-41-42-43-45-47-49-51-53-55-57-59-61-63-65-72(77)83-70(69-82-74(73(78)79)80-67-66-75(3,4)5)68-81-71(76)64-62-60-58-56-54-52-50-48-46-44-27-25-23-21-19-17-15-13-11-9-7-2/h8,10,14,16,19-22,25-28,30-31,33-34,36-37,39-40,42-43,70,74H,6-7,9,11-13,15,17-18,23-24,29,32,35,38,41,44-69H2,1-5H3/p+1/b10-8-,16-14-,21-19-,22-20-,27-25-,28-26-,31-30-,34-33-,37-36-,40-39-,43-42-. The molecule has 0 heterocycles. The quantitative estimate of drug-likeness (QED) is 0.0211. The van der Waals surface area contributed by atoms with Crippen LogP contribution in [-0.4, -0.2) is 87.4 Å². The van der Waals surface area contributed by atoms with Gasteiger partial charge in [0.1, 0.15) is 13.2 Å². The van der Waals surface area contributed by atoms with Crippen molar-refractivity contribution in [3.63, 3.8) is 0 Å². The fourth-order valence-electron chi connectivity index (χ4n) is 8.80. The molecular weight excluding hydrogens is 1030 g/mol. The zero-order valence-electron chi connectivity index (χ0n) is 53.8. The number of nitrogens with zero attached hydrogens (tertiary/aromatic N) is 1. The molecule has 0 aliphatic rings. The lowest BCUT2D eigenvalue weighted by molar-refractivity contribution is -0.870. The van der Waals surface area contributed by atoms with Gasteiger partial charge in [-0.25, -0.2) is 4.79 Å². The summed E-state index contributed by atoms with van der Waals surface area (Å²) < 4.78 is 22.9. The van der Waals surface area contributed by atoms with Crippen molar-refractivity contribution >= 4 is 17.9 Å². The molecule has 2 unspecified atom stereocenters. The largest absolute Gasteiger partial charge is 0.477 e. The lowest BCUT2D eigenvalue weighted by Gasteiger charge is -2.25. The Labute approximate surface area is 509 Å². The number of carboxylic acid groups (broad SMARTS) is 1. The first kappa shape index (κ1) is 78.4. The third-order valence-corrected chi connectivity index (χ3v) is 13.9. The van der Waals surface area contributed by atoms with Crippen LogP contribution in [0.1, 0.15) is 258 Å². The topological polar surface area (TPSA) is 108 Å².